The van der Waals surface area contributed by atoms with Gasteiger partial charge in [-0.15, -0.1) is 0 Å². The van der Waals surface area contributed by atoms with Crippen molar-refractivity contribution in [1.29, 1.82) is 0 Å². The van der Waals surface area contributed by atoms with Gasteiger partial charge in [0.05, 0.1) is 6.57 Å². The maximum absolute atomic E-state index is 10.3. The highest BCUT2D eigenvalue weighted by molar-refractivity contribution is 5.66. The van der Waals surface area contributed by atoms with Gasteiger partial charge in [0.2, 0.25) is 0 Å². The zero-order valence-corrected chi connectivity index (χ0v) is 7.73. The summed E-state index contributed by atoms with van der Waals surface area (Å²) in [4.78, 5) is 13.5. The normalized spacial score (nSPS) is 9.36. The van der Waals surface area contributed by atoms with E-state index in [1.807, 2.05) is 12.1 Å². The van der Waals surface area contributed by atoms with Crippen LogP contribution in [0.4, 0.5) is 5.69 Å². The quantitative estimate of drug-likeness (QED) is 0.740. The van der Waals surface area contributed by atoms with Crippen molar-refractivity contribution < 1.29 is 9.90 Å². The van der Waals surface area contributed by atoms with Gasteiger partial charge < -0.3 is 5.11 Å². The first-order valence-corrected chi connectivity index (χ1v) is 4.40. The molecule has 0 amide bonds. The second-order valence-corrected chi connectivity index (χ2v) is 3.03. The molecule has 0 fully saturated rings. The third kappa shape index (κ3) is 3.28. The van der Waals surface area contributed by atoms with E-state index in [1.54, 1.807) is 12.1 Å². The van der Waals surface area contributed by atoms with E-state index in [-0.39, 0.29) is 6.42 Å². The number of rotatable bonds is 4. The van der Waals surface area contributed by atoms with Gasteiger partial charge in [-0.2, -0.15) is 0 Å². The molecule has 3 heteroatoms. The molecule has 0 aliphatic carbocycles. The molecule has 0 unspecified atom stereocenters. The first-order valence-electron chi connectivity index (χ1n) is 4.40. The number of carboxylic acids is 1. The largest absolute Gasteiger partial charge is 0.481 e. The lowest BCUT2D eigenvalue weighted by atomic mass is 10.1. The van der Waals surface area contributed by atoms with Crippen LogP contribution in [0.1, 0.15) is 18.4 Å². The zero-order chi connectivity index (χ0) is 10.4. The SMILES string of the molecule is [C-]#[N+]c1ccc(CCCC(=O)O)cc1. The molecule has 72 valence electrons. The Kier molecular flexibility index (Phi) is 3.69. The van der Waals surface area contributed by atoms with Crippen LogP contribution in [0, 0.1) is 6.57 Å². The number of hydrogen-bond acceptors (Lipinski definition) is 1. The third-order valence-corrected chi connectivity index (χ3v) is 1.92. The molecule has 1 N–H and O–H groups in total. The van der Waals surface area contributed by atoms with Crippen molar-refractivity contribution >= 4 is 11.7 Å². The predicted octanol–water partition coefficient (Wildman–Crippen LogP) is 2.64. The molecule has 1 aromatic carbocycles. The van der Waals surface area contributed by atoms with Crippen LogP contribution in [0.2, 0.25) is 0 Å². The molecule has 0 aromatic heterocycles. The van der Waals surface area contributed by atoms with Crippen molar-refractivity contribution in [3.8, 4) is 0 Å². The summed E-state index contributed by atoms with van der Waals surface area (Å²) in [5.74, 6) is -0.761. The van der Waals surface area contributed by atoms with Crippen LogP contribution < -0.4 is 0 Å². The van der Waals surface area contributed by atoms with Gasteiger partial charge in [-0.05, 0) is 12.8 Å². The monoisotopic (exact) mass is 189 g/mol. The molecular formula is C11H11NO2. The van der Waals surface area contributed by atoms with Gasteiger partial charge in [-0.1, -0.05) is 29.8 Å². The Morgan fingerprint density at radius 2 is 2.00 bits per heavy atom. The predicted molar refractivity (Wildman–Crippen MR) is 53.3 cm³/mol. The number of aliphatic carboxylic acids is 1. The van der Waals surface area contributed by atoms with Crippen molar-refractivity contribution in [1.82, 2.24) is 0 Å². The molecule has 0 saturated carbocycles. The first-order chi connectivity index (χ1) is 6.72. The van der Waals surface area contributed by atoms with E-state index >= 15 is 0 Å². The minimum Gasteiger partial charge on any atom is -0.481 e. The first kappa shape index (κ1) is 10.3. The molecule has 1 aromatic rings. The summed E-state index contributed by atoms with van der Waals surface area (Å²) < 4.78 is 0. The Morgan fingerprint density at radius 3 is 2.50 bits per heavy atom. The lowest BCUT2D eigenvalue weighted by Crippen LogP contribution is -1.95. The topological polar surface area (TPSA) is 41.7 Å². The lowest BCUT2D eigenvalue weighted by Gasteiger charge is -1.99. The molecule has 0 radical (unpaired) electrons. The summed E-state index contributed by atoms with van der Waals surface area (Å²) >= 11 is 0. The van der Waals surface area contributed by atoms with Crippen LogP contribution in [0.5, 0.6) is 0 Å². The fourth-order valence-electron chi connectivity index (χ4n) is 1.18. The highest BCUT2D eigenvalue weighted by Gasteiger charge is 1.98. The number of aryl methyl sites for hydroxylation is 1. The van der Waals surface area contributed by atoms with Gasteiger partial charge in [0.1, 0.15) is 0 Å². The Bertz CT molecular complexity index is 349. The van der Waals surface area contributed by atoms with Crippen LogP contribution in [-0.2, 0) is 11.2 Å². The summed E-state index contributed by atoms with van der Waals surface area (Å²) in [6.07, 6.45) is 1.60. The molecule has 0 atom stereocenters. The summed E-state index contributed by atoms with van der Waals surface area (Å²) in [6, 6.07) is 7.25. The van der Waals surface area contributed by atoms with Crippen molar-refractivity contribution in [2.45, 2.75) is 19.3 Å². The minimum atomic E-state index is -0.761. The van der Waals surface area contributed by atoms with Crippen molar-refractivity contribution in [3.05, 3.63) is 41.2 Å². The van der Waals surface area contributed by atoms with E-state index in [4.69, 9.17) is 11.7 Å². The second-order valence-electron chi connectivity index (χ2n) is 3.03. The summed E-state index contributed by atoms with van der Waals surface area (Å²) in [6.45, 7) is 6.76. The average Bonchev–Trinajstić information content (AvgIpc) is 2.18. The molecule has 0 aliphatic rings. The minimum absolute atomic E-state index is 0.199. The van der Waals surface area contributed by atoms with E-state index in [9.17, 15) is 4.79 Å². The zero-order valence-electron chi connectivity index (χ0n) is 7.73. The Morgan fingerprint density at radius 1 is 1.36 bits per heavy atom. The summed E-state index contributed by atoms with van der Waals surface area (Å²) in [7, 11) is 0. The van der Waals surface area contributed by atoms with Gasteiger partial charge in [-0.25, -0.2) is 4.85 Å². The molecule has 0 bridgehead atoms. The van der Waals surface area contributed by atoms with Crippen LogP contribution >= 0.6 is 0 Å². The Labute approximate surface area is 82.8 Å². The van der Waals surface area contributed by atoms with E-state index < -0.39 is 5.97 Å². The molecular weight excluding hydrogens is 178 g/mol. The van der Waals surface area contributed by atoms with Crippen molar-refractivity contribution in [2.75, 3.05) is 0 Å². The molecule has 0 aliphatic heterocycles. The van der Waals surface area contributed by atoms with E-state index in [2.05, 4.69) is 4.85 Å². The summed E-state index contributed by atoms with van der Waals surface area (Å²) in [5.41, 5.74) is 1.70. The van der Waals surface area contributed by atoms with Crippen LogP contribution in [0.15, 0.2) is 24.3 Å². The Hall–Kier alpha value is -1.82. The Balaban J connectivity index is 2.45. The molecule has 1 rings (SSSR count). The van der Waals surface area contributed by atoms with Crippen molar-refractivity contribution in [2.24, 2.45) is 0 Å². The van der Waals surface area contributed by atoms with E-state index in [0.29, 0.717) is 12.1 Å². The number of carboxylic acid groups (broad SMARTS) is 1. The second kappa shape index (κ2) is 5.03. The maximum atomic E-state index is 10.3. The number of hydrogen-bond donors (Lipinski definition) is 1. The van der Waals surface area contributed by atoms with Gasteiger partial charge in [-0.3, -0.25) is 4.79 Å². The fraction of sp³-hybridized carbons (Fsp3) is 0.273. The van der Waals surface area contributed by atoms with Crippen LogP contribution in [-0.4, -0.2) is 11.1 Å². The lowest BCUT2D eigenvalue weighted by molar-refractivity contribution is -0.137. The number of benzene rings is 1. The number of carbonyl (C=O) groups is 1. The smallest absolute Gasteiger partial charge is 0.303 e. The maximum Gasteiger partial charge on any atom is 0.303 e. The van der Waals surface area contributed by atoms with Crippen LogP contribution in [0.3, 0.4) is 0 Å². The molecule has 3 nitrogen and oxygen atoms in total. The highest BCUT2D eigenvalue weighted by Crippen LogP contribution is 2.13. The van der Waals surface area contributed by atoms with Gasteiger partial charge >= 0.3 is 5.97 Å². The standard InChI is InChI=1S/C11H11NO2/c1-12-10-7-5-9(6-8-10)3-2-4-11(13)14/h5-8H,2-4H2,(H,13,14). The van der Waals surface area contributed by atoms with E-state index in [1.165, 1.54) is 0 Å². The molecule has 14 heavy (non-hydrogen) atoms. The third-order valence-electron chi connectivity index (χ3n) is 1.92. The average molecular weight is 189 g/mol. The number of nitrogens with zero attached hydrogens (tertiary/aromatic N) is 1. The van der Waals surface area contributed by atoms with E-state index in [0.717, 1.165) is 12.0 Å². The molecule has 0 spiro atoms. The summed E-state index contributed by atoms with van der Waals surface area (Å²) in [5, 5.41) is 8.43. The highest BCUT2D eigenvalue weighted by atomic mass is 16.4. The van der Waals surface area contributed by atoms with Crippen molar-refractivity contribution in [3.63, 3.8) is 0 Å². The van der Waals surface area contributed by atoms with Gasteiger partial charge in [0.15, 0.2) is 5.69 Å². The van der Waals surface area contributed by atoms with Gasteiger partial charge in [0.25, 0.3) is 0 Å². The van der Waals surface area contributed by atoms with Gasteiger partial charge in [0, 0.05) is 6.42 Å². The fourth-order valence-corrected chi connectivity index (χ4v) is 1.18. The van der Waals surface area contributed by atoms with Crippen LogP contribution in [0.25, 0.3) is 4.85 Å². The molecule has 0 heterocycles. The molecule has 0 saturated heterocycles.